The van der Waals surface area contributed by atoms with Gasteiger partial charge >= 0.3 is 0 Å². The third kappa shape index (κ3) is 2.92. The van der Waals surface area contributed by atoms with E-state index in [4.69, 9.17) is 4.74 Å². The number of sulfonamides is 1. The van der Waals surface area contributed by atoms with Gasteiger partial charge in [0.05, 0.1) is 11.9 Å². The fraction of sp³-hybridized carbons (Fsp3) is 1.00. The smallest absolute Gasteiger partial charge is 0.208 e. The van der Waals surface area contributed by atoms with Crippen molar-refractivity contribution in [2.45, 2.75) is 50.2 Å². The van der Waals surface area contributed by atoms with Crippen molar-refractivity contribution in [1.82, 2.24) is 4.72 Å². The molecule has 88 valence electrons. The van der Waals surface area contributed by atoms with E-state index in [2.05, 4.69) is 4.72 Å². The number of nitrogens with one attached hydrogen (secondary N) is 1. The molecule has 1 spiro atoms. The molecule has 4 nitrogen and oxygen atoms in total. The van der Waals surface area contributed by atoms with E-state index >= 15 is 0 Å². The summed E-state index contributed by atoms with van der Waals surface area (Å²) in [5, 5.41) is 0. The summed E-state index contributed by atoms with van der Waals surface area (Å²) in [5.74, 6) is 0. The maximum Gasteiger partial charge on any atom is 0.208 e. The Balaban J connectivity index is 1.98. The van der Waals surface area contributed by atoms with Crippen LogP contribution in [0.25, 0.3) is 0 Å². The minimum Gasteiger partial charge on any atom is -0.375 e. The molecule has 0 bridgehead atoms. The van der Waals surface area contributed by atoms with Crippen LogP contribution in [-0.2, 0) is 14.8 Å². The predicted molar refractivity (Wildman–Crippen MR) is 58.2 cm³/mol. The molecular weight excluding hydrogens is 214 g/mol. The van der Waals surface area contributed by atoms with Crippen molar-refractivity contribution in [2.75, 3.05) is 12.9 Å². The van der Waals surface area contributed by atoms with E-state index in [1.165, 1.54) is 19.1 Å². The van der Waals surface area contributed by atoms with Gasteiger partial charge in [-0.15, -0.1) is 0 Å². The van der Waals surface area contributed by atoms with Crippen LogP contribution in [0, 0.1) is 0 Å². The van der Waals surface area contributed by atoms with Crippen molar-refractivity contribution in [3.63, 3.8) is 0 Å². The first-order valence-electron chi connectivity index (χ1n) is 5.60. The molecule has 2 aliphatic rings. The van der Waals surface area contributed by atoms with Crippen LogP contribution in [0.5, 0.6) is 0 Å². The summed E-state index contributed by atoms with van der Waals surface area (Å²) >= 11 is 0. The van der Waals surface area contributed by atoms with Crippen LogP contribution in [-0.4, -0.2) is 32.9 Å². The van der Waals surface area contributed by atoms with Crippen molar-refractivity contribution < 1.29 is 13.2 Å². The van der Waals surface area contributed by atoms with E-state index in [-0.39, 0.29) is 11.6 Å². The Morgan fingerprint density at radius 2 is 2.00 bits per heavy atom. The first-order valence-corrected chi connectivity index (χ1v) is 7.50. The highest BCUT2D eigenvalue weighted by molar-refractivity contribution is 7.88. The first-order chi connectivity index (χ1) is 6.99. The van der Waals surface area contributed by atoms with Crippen LogP contribution in [0.4, 0.5) is 0 Å². The van der Waals surface area contributed by atoms with Gasteiger partial charge in [0.15, 0.2) is 0 Å². The lowest BCUT2D eigenvalue weighted by Gasteiger charge is -2.38. The molecule has 2 rings (SSSR count). The second-order valence-corrected chi connectivity index (χ2v) is 6.60. The van der Waals surface area contributed by atoms with Gasteiger partial charge in [-0.1, -0.05) is 12.8 Å². The average Bonchev–Trinajstić information content (AvgIpc) is 2.50. The van der Waals surface area contributed by atoms with Gasteiger partial charge in [-0.25, -0.2) is 13.1 Å². The summed E-state index contributed by atoms with van der Waals surface area (Å²) in [4.78, 5) is 0. The Morgan fingerprint density at radius 3 is 2.60 bits per heavy atom. The molecule has 0 aromatic heterocycles. The first kappa shape index (κ1) is 11.4. The molecule has 1 saturated heterocycles. The lowest BCUT2D eigenvalue weighted by atomic mass is 9.89. The molecule has 1 atom stereocenters. The van der Waals surface area contributed by atoms with E-state index in [0.717, 1.165) is 25.7 Å². The monoisotopic (exact) mass is 233 g/mol. The molecule has 2 fully saturated rings. The highest BCUT2D eigenvalue weighted by atomic mass is 32.2. The van der Waals surface area contributed by atoms with Crippen LogP contribution < -0.4 is 4.72 Å². The van der Waals surface area contributed by atoms with Gasteiger partial charge in [0.1, 0.15) is 0 Å². The molecule has 0 aromatic rings. The van der Waals surface area contributed by atoms with Crippen LogP contribution in [0.1, 0.15) is 38.5 Å². The van der Waals surface area contributed by atoms with Gasteiger partial charge in [0.25, 0.3) is 0 Å². The molecule has 1 saturated carbocycles. The van der Waals surface area contributed by atoms with Gasteiger partial charge in [-0.2, -0.15) is 0 Å². The van der Waals surface area contributed by atoms with Crippen LogP contribution in [0.3, 0.4) is 0 Å². The Bertz CT molecular complexity index is 320. The summed E-state index contributed by atoms with van der Waals surface area (Å²) in [6.45, 7) is 0.688. The molecular formula is C10H19NO3S. The van der Waals surface area contributed by atoms with Gasteiger partial charge in [0, 0.05) is 12.6 Å². The molecule has 0 aromatic carbocycles. The Labute approximate surface area is 91.4 Å². The van der Waals surface area contributed by atoms with Gasteiger partial charge in [-0.05, 0) is 25.7 Å². The molecule has 1 aliphatic carbocycles. The molecule has 1 heterocycles. The Kier molecular flexibility index (Phi) is 3.05. The van der Waals surface area contributed by atoms with Crippen molar-refractivity contribution in [3.8, 4) is 0 Å². The van der Waals surface area contributed by atoms with Crippen LogP contribution in [0.15, 0.2) is 0 Å². The van der Waals surface area contributed by atoms with Crippen LogP contribution >= 0.6 is 0 Å². The average molecular weight is 233 g/mol. The quantitative estimate of drug-likeness (QED) is 0.775. The summed E-state index contributed by atoms with van der Waals surface area (Å²) < 4.78 is 30.8. The van der Waals surface area contributed by atoms with Gasteiger partial charge in [-0.3, -0.25) is 0 Å². The normalized spacial score (nSPS) is 30.9. The van der Waals surface area contributed by atoms with E-state index in [1.807, 2.05) is 0 Å². The summed E-state index contributed by atoms with van der Waals surface area (Å²) in [6.07, 6.45) is 7.49. The number of ether oxygens (including phenoxy) is 1. The fourth-order valence-electron chi connectivity index (χ4n) is 2.80. The van der Waals surface area contributed by atoms with Gasteiger partial charge in [0.2, 0.25) is 10.0 Å². The lowest BCUT2D eigenvalue weighted by molar-refractivity contribution is -0.0809. The van der Waals surface area contributed by atoms with Crippen molar-refractivity contribution >= 4 is 10.0 Å². The Morgan fingerprint density at radius 1 is 1.33 bits per heavy atom. The van der Waals surface area contributed by atoms with Crippen molar-refractivity contribution in [1.29, 1.82) is 0 Å². The lowest BCUT2D eigenvalue weighted by Crippen LogP contribution is -2.47. The number of hydrogen-bond donors (Lipinski definition) is 1. The predicted octanol–water partition coefficient (Wildman–Crippen LogP) is 1.03. The molecule has 0 radical (unpaired) electrons. The van der Waals surface area contributed by atoms with E-state index < -0.39 is 10.0 Å². The maximum atomic E-state index is 11.2. The zero-order valence-corrected chi connectivity index (χ0v) is 9.98. The summed E-state index contributed by atoms with van der Waals surface area (Å²) in [6, 6.07) is 0.0758. The SMILES string of the molecule is CS(=O)(=O)N[C@H]1CCOC2(CCCC2)C1. The van der Waals surface area contributed by atoms with Crippen molar-refractivity contribution in [2.24, 2.45) is 0 Å². The summed E-state index contributed by atoms with van der Waals surface area (Å²) in [7, 11) is -3.08. The molecule has 15 heavy (non-hydrogen) atoms. The molecule has 0 amide bonds. The Hall–Kier alpha value is -0.130. The topological polar surface area (TPSA) is 55.4 Å². The zero-order valence-electron chi connectivity index (χ0n) is 9.16. The maximum absolute atomic E-state index is 11.2. The highest BCUT2D eigenvalue weighted by Crippen LogP contribution is 2.39. The van der Waals surface area contributed by atoms with E-state index in [1.54, 1.807) is 0 Å². The fourth-order valence-corrected chi connectivity index (χ4v) is 3.61. The van der Waals surface area contributed by atoms with E-state index in [9.17, 15) is 8.42 Å². The molecule has 0 unspecified atom stereocenters. The molecule has 1 N–H and O–H groups in total. The standard InChI is InChI=1S/C10H19NO3S/c1-15(12,13)11-9-4-7-14-10(8-9)5-2-3-6-10/h9,11H,2-8H2,1H3/t9-/m0/s1. The third-order valence-electron chi connectivity index (χ3n) is 3.39. The van der Waals surface area contributed by atoms with Crippen molar-refractivity contribution in [3.05, 3.63) is 0 Å². The molecule has 1 aliphatic heterocycles. The number of hydrogen-bond acceptors (Lipinski definition) is 3. The largest absolute Gasteiger partial charge is 0.375 e. The molecule has 5 heteroatoms. The second-order valence-electron chi connectivity index (χ2n) is 4.82. The minimum absolute atomic E-state index is 0.0133. The zero-order chi connectivity index (χ0) is 10.9. The van der Waals surface area contributed by atoms with Crippen LogP contribution in [0.2, 0.25) is 0 Å². The summed E-state index contributed by atoms with van der Waals surface area (Å²) in [5.41, 5.74) is -0.0133. The minimum atomic E-state index is -3.08. The van der Waals surface area contributed by atoms with Gasteiger partial charge < -0.3 is 4.74 Å². The van der Waals surface area contributed by atoms with E-state index in [0.29, 0.717) is 6.61 Å². The highest BCUT2D eigenvalue weighted by Gasteiger charge is 2.40. The third-order valence-corrected chi connectivity index (χ3v) is 4.15. The number of rotatable bonds is 2. The second kappa shape index (κ2) is 4.03.